The average Bonchev–Trinajstić information content (AvgIpc) is 2.72. The fraction of sp³-hybridized carbons (Fsp3) is 0.636. The van der Waals surface area contributed by atoms with Crippen LogP contribution in [-0.4, -0.2) is 21.5 Å². The lowest BCUT2D eigenvalue weighted by Crippen LogP contribution is -2.06. The van der Waals surface area contributed by atoms with Gasteiger partial charge in [-0.05, 0) is 59.9 Å². The molecule has 0 aliphatic heterocycles. The molecule has 3 rings (SSSR count). The van der Waals surface area contributed by atoms with Crippen LogP contribution < -0.4 is 0 Å². The van der Waals surface area contributed by atoms with Crippen molar-refractivity contribution in [3.8, 4) is 0 Å². The molecule has 0 bridgehead atoms. The van der Waals surface area contributed by atoms with Gasteiger partial charge in [0.15, 0.2) is 0 Å². The zero-order valence-corrected chi connectivity index (χ0v) is 20.2. The van der Waals surface area contributed by atoms with Crippen LogP contribution in [0, 0.1) is 3.57 Å². The molecule has 2 aromatic rings. The predicted octanol–water partition coefficient (Wildman–Crippen LogP) is 7.61. The van der Waals surface area contributed by atoms with Crippen molar-refractivity contribution in [2.75, 3.05) is 6.26 Å². The minimum Gasteiger partial charge on any atom is -0.248 e. The predicted molar refractivity (Wildman–Crippen MR) is 131 cm³/mol. The van der Waals surface area contributed by atoms with E-state index in [4.69, 9.17) is 9.97 Å². The van der Waals surface area contributed by atoms with Gasteiger partial charge >= 0.3 is 0 Å². The van der Waals surface area contributed by atoms with Crippen LogP contribution in [0.25, 0.3) is 11.0 Å². The Bertz CT molecular complexity index is 711. The van der Waals surface area contributed by atoms with Crippen molar-refractivity contribution in [1.82, 2.24) is 9.97 Å². The van der Waals surface area contributed by atoms with Crippen LogP contribution in [-0.2, 0) is 11.5 Å². The van der Waals surface area contributed by atoms with Crippen LogP contribution in [0.15, 0.2) is 18.2 Å². The first kappa shape index (κ1) is 21.7. The molecule has 148 valence electrons. The summed E-state index contributed by atoms with van der Waals surface area (Å²) in [5.41, 5.74) is 4.46. The average molecular weight is 515 g/mol. The van der Waals surface area contributed by atoms with Crippen molar-refractivity contribution in [3.05, 3.63) is 33.2 Å². The Morgan fingerprint density at radius 2 is 1.44 bits per heavy atom. The summed E-state index contributed by atoms with van der Waals surface area (Å²) in [7, 11) is 0. The third-order valence-corrected chi connectivity index (χ3v) is 7.94. The number of halogens is 1. The van der Waals surface area contributed by atoms with Crippen LogP contribution >= 0.6 is 46.1 Å². The van der Waals surface area contributed by atoms with Gasteiger partial charge in [0.1, 0.15) is 0 Å². The molecule has 0 atom stereocenters. The van der Waals surface area contributed by atoms with Gasteiger partial charge in [0.05, 0.1) is 22.4 Å². The lowest BCUT2D eigenvalue weighted by molar-refractivity contribution is 0.585. The number of hydrogen-bond acceptors (Lipinski definition) is 4. The number of fused-ring (bicyclic) bond motifs is 1. The van der Waals surface area contributed by atoms with Crippen molar-refractivity contribution in [3.63, 3.8) is 0 Å². The molecule has 1 fully saturated rings. The second-order valence-electron chi connectivity index (χ2n) is 7.52. The highest BCUT2D eigenvalue weighted by Gasteiger charge is 2.14. The summed E-state index contributed by atoms with van der Waals surface area (Å²) < 4.78 is 1.23. The molecule has 1 aliphatic rings. The standard InChI is InChI=1S/C22H31IN2S2/c1-26-15-21-22(24-19-13-12-17(23)14-20(19)25-21)16-27-18-10-8-6-4-2-3-5-7-9-11-18/h12-14,18H,2-11,15-16H2,1H3. The zero-order chi connectivity index (χ0) is 18.9. The normalized spacial score (nSPS) is 17.7. The Balaban J connectivity index is 1.69. The molecule has 27 heavy (non-hydrogen) atoms. The van der Waals surface area contributed by atoms with E-state index >= 15 is 0 Å². The van der Waals surface area contributed by atoms with Gasteiger partial charge in [-0.15, -0.1) is 0 Å². The van der Waals surface area contributed by atoms with Crippen molar-refractivity contribution in [2.24, 2.45) is 0 Å². The highest BCUT2D eigenvalue weighted by atomic mass is 127. The van der Waals surface area contributed by atoms with Crippen LogP contribution in [0.4, 0.5) is 0 Å². The van der Waals surface area contributed by atoms with Gasteiger partial charge < -0.3 is 0 Å². The molecule has 0 N–H and O–H groups in total. The van der Waals surface area contributed by atoms with Crippen molar-refractivity contribution in [2.45, 2.75) is 81.0 Å². The van der Waals surface area contributed by atoms with Gasteiger partial charge in [0.25, 0.3) is 0 Å². The van der Waals surface area contributed by atoms with Gasteiger partial charge in [-0.3, -0.25) is 0 Å². The largest absolute Gasteiger partial charge is 0.248 e. The van der Waals surface area contributed by atoms with E-state index in [1.165, 1.54) is 79.2 Å². The molecule has 0 saturated heterocycles. The molecule has 1 heterocycles. The summed E-state index contributed by atoms with van der Waals surface area (Å²) in [6, 6.07) is 6.40. The lowest BCUT2D eigenvalue weighted by atomic mass is 10.1. The summed E-state index contributed by atoms with van der Waals surface area (Å²) in [5.74, 6) is 1.96. The molecule has 0 radical (unpaired) electrons. The molecule has 1 aliphatic carbocycles. The first-order valence-electron chi connectivity index (χ1n) is 10.3. The summed E-state index contributed by atoms with van der Waals surface area (Å²) in [4.78, 5) is 9.97. The molecule has 1 saturated carbocycles. The Morgan fingerprint density at radius 3 is 2.11 bits per heavy atom. The Hall–Kier alpha value is -0.0100. The Kier molecular flexibility index (Phi) is 9.53. The molecular formula is C22H31IN2S2. The minimum absolute atomic E-state index is 0.791. The van der Waals surface area contributed by atoms with Crippen LogP contribution in [0.3, 0.4) is 0 Å². The summed E-state index contributed by atoms with van der Waals surface area (Å²) in [6.45, 7) is 0. The fourth-order valence-electron chi connectivity index (χ4n) is 3.78. The highest BCUT2D eigenvalue weighted by Crippen LogP contribution is 2.30. The number of rotatable bonds is 5. The third kappa shape index (κ3) is 7.07. The smallest absolute Gasteiger partial charge is 0.0901 e. The monoisotopic (exact) mass is 514 g/mol. The number of nitrogens with zero attached hydrogens (tertiary/aromatic N) is 2. The van der Waals surface area contributed by atoms with E-state index < -0.39 is 0 Å². The summed E-state index contributed by atoms with van der Waals surface area (Å²) >= 11 is 6.33. The molecule has 2 nitrogen and oxygen atoms in total. The maximum atomic E-state index is 5.01. The van der Waals surface area contributed by atoms with Crippen molar-refractivity contribution in [1.29, 1.82) is 0 Å². The first-order chi connectivity index (χ1) is 13.3. The van der Waals surface area contributed by atoms with Crippen LogP contribution in [0.1, 0.15) is 75.6 Å². The maximum Gasteiger partial charge on any atom is 0.0901 e. The second-order valence-corrected chi connectivity index (χ2v) is 10.9. The molecule has 1 aromatic heterocycles. The van der Waals surface area contributed by atoms with E-state index in [-0.39, 0.29) is 0 Å². The van der Waals surface area contributed by atoms with Crippen LogP contribution in [0.2, 0.25) is 0 Å². The van der Waals surface area contributed by atoms with E-state index in [0.29, 0.717) is 0 Å². The maximum absolute atomic E-state index is 5.01. The number of thioether (sulfide) groups is 2. The molecule has 0 unspecified atom stereocenters. The van der Waals surface area contributed by atoms with Gasteiger partial charge in [-0.1, -0.05) is 51.4 Å². The quantitative estimate of drug-likeness (QED) is 0.384. The first-order valence-corrected chi connectivity index (χ1v) is 13.8. The fourth-order valence-corrected chi connectivity index (χ4v) is 6.05. The van der Waals surface area contributed by atoms with Crippen molar-refractivity contribution >= 4 is 57.1 Å². The van der Waals surface area contributed by atoms with Crippen LogP contribution in [0.5, 0.6) is 0 Å². The van der Waals surface area contributed by atoms with E-state index in [9.17, 15) is 0 Å². The summed E-state index contributed by atoms with van der Waals surface area (Å²) in [5, 5.41) is 0.791. The Labute approximate surface area is 186 Å². The number of aromatic nitrogens is 2. The van der Waals surface area contributed by atoms with Gasteiger partial charge in [0, 0.05) is 20.3 Å². The SMILES string of the molecule is CSCc1nc2cc(I)ccc2nc1CSC1CCCCCCCCCC1. The molecule has 5 heteroatoms. The van der Waals surface area contributed by atoms with E-state index in [1.54, 1.807) is 0 Å². The van der Waals surface area contributed by atoms with Gasteiger partial charge in [0.2, 0.25) is 0 Å². The van der Waals surface area contributed by atoms with E-state index in [2.05, 4.69) is 58.8 Å². The van der Waals surface area contributed by atoms with E-state index in [0.717, 1.165) is 27.8 Å². The Morgan fingerprint density at radius 1 is 0.852 bits per heavy atom. The molecule has 1 aromatic carbocycles. The number of benzene rings is 1. The van der Waals surface area contributed by atoms with Crippen molar-refractivity contribution < 1.29 is 0 Å². The summed E-state index contributed by atoms with van der Waals surface area (Å²) in [6.07, 6.45) is 16.3. The molecular weight excluding hydrogens is 483 g/mol. The van der Waals surface area contributed by atoms with Gasteiger partial charge in [-0.25, -0.2) is 9.97 Å². The minimum atomic E-state index is 0.791. The molecule has 0 amide bonds. The zero-order valence-electron chi connectivity index (χ0n) is 16.4. The third-order valence-electron chi connectivity index (χ3n) is 5.32. The second kappa shape index (κ2) is 11.9. The molecule has 0 spiro atoms. The van der Waals surface area contributed by atoms with Gasteiger partial charge in [-0.2, -0.15) is 23.5 Å². The van der Waals surface area contributed by atoms with E-state index in [1.807, 2.05) is 11.8 Å². The topological polar surface area (TPSA) is 25.8 Å². The number of hydrogen-bond donors (Lipinski definition) is 0. The highest BCUT2D eigenvalue weighted by molar-refractivity contribution is 14.1. The lowest BCUT2D eigenvalue weighted by Gasteiger charge is -2.17.